The lowest BCUT2D eigenvalue weighted by atomic mass is 9.97. The normalized spacial score (nSPS) is 14.9. The van der Waals surface area contributed by atoms with Crippen LogP contribution in [0.2, 0.25) is 5.02 Å². The molecule has 1 aliphatic rings. The number of benzene rings is 2. The Labute approximate surface area is 213 Å². The van der Waals surface area contributed by atoms with Crippen molar-refractivity contribution in [1.82, 2.24) is 15.2 Å². The number of carbonyl (C=O) groups excluding carboxylic acids is 3. The number of hydrogen-bond acceptors (Lipinski definition) is 5. The second-order valence-corrected chi connectivity index (χ2v) is 9.93. The fraction of sp³-hybridized carbons (Fsp3) is 0.308. The number of rotatable bonds is 6. The van der Waals surface area contributed by atoms with E-state index in [2.05, 4.69) is 15.6 Å². The predicted molar refractivity (Wildman–Crippen MR) is 139 cm³/mol. The van der Waals surface area contributed by atoms with E-state index in [4.69, 9.17) is 11.6 Å². The van der Waals surface area contributed by atoms with Gasteiger partial charge in [-0.1, -0.05) is 41.9 Å². The van der Waals surface area contributed by atoms with E-state index in [-0.39, 0.29) is 23.6 Å². The molecule has 0 aliphatic carbocycles. The number of halogens is 1. The maximum atomic E-state index is 13.0. The molecule has 9 heteroatoms. The fourth-order valence-electron chi connectivity index (χ4n) is 4.23. The average molecular weight is 511 g/mol. The van der Waals surface area contributed by atoms with E-state index in [0.29, 0.717) is 29.5 Å². The van der Waals surface area contributed by atoms with Gasteiger partial charge in [-0.15, -0.1) is 11.3 Å². The smallest absolute Gasteiger partial charge is 0.275 e. The van der Waals surface area contributed by atoms with Crippen LogP contribution >= 0.6 is 22.9 Å². The lowest BCUT2D eigenvalue weighted by Gasteiger charge is -2.32. The van der Waals surface area contributed by atoms with Crippen LogP contribution in [-0.4, -0.2) is 46.7 Å². The Hall–Kier alpha value is -3.23. The summed E-state index contributed by atoms with van der Waals surface area (Å²) in [7, 11) is 0. The zero-order valence-electron chi connectivity index (χ0n) is 19.6. The number of carbonyl (C=O) groups is 3. The molecule has 2 N–H and O–H groups in total. The fourth-order valence-corrected chi connectivity index (χ4v) is 5.32. The first kappa shape index (κ1) is 24.9. The molecule has 35 heavy (non-hydrogen) atoms. The molecule has 1 aliphatic heterocycles. The predicted octanol–water partition coefficient (Wildman–Crippen LogP) is 4.95. The van der Waals surface area contributed by atoms with Crippen molar-refractivity contribution in [3.63, 3.8) is 0 Å². The molecule has 0 saturated carbocycles. The summed E-state index contributed by atoms with van der Waals surface area (Å²) in [6.07, 6.45) is 1.54. The number of likely N-dealkylation sites (tertiary alicyclic amines) is 1. The Bertz CT molecular complexity index is 1220. The molecule has 1 atom stereocenters. The van der Waals surface area contributed by atoms with Crippen molar-refractivity contribution >= 4 is 46.3 Å². The minimum atomic E-state index is -0.532. The molecular weight excluding hydrogens is 484 g/mol. The van der Waals surface area contributed by atoms with E-state index < -0.39 is 6.04 Å². The molecule has 1 fully saturated rings. The second-order valence-electron chi connectivity index (χ2n) is 8.60. The van der Waals surface area contributed by atoms with Gasteiger partial charge in [-0.25, -0.2) is 4.98 Å². The third-order valence-corrected chi connectivity index (χ3v) is 7.29. The van der Waals surface area contributed by atoms with Crippen molar-refractivity contribution in [2.45, 2.75) is 38.6 Å². The van der Waals surface area contributed by atoms with Crippen molar-refractivity contribution in [3.05, 3.63) is 69.6 Å². The third kappa shape index (κ3) is 6.07. The highest BCUT2D eigenvalue weighted by molar-refractivity contribution is 7.10. The Morgan fingerprint density at radius 2 is 1.77 bits per heavy atom. The van der Waals surface area contributed by atoms with E-state index in [9.17, 15) is 14.4 Å². The number of aromatic nitrogens is 1. The van der Waals surface area contributed by atoms with E-state index in [1.54, 1.807) is 17.2 Å². The van der Waals surface area contributed by atoms with Crippen LogP contribution < -0.4 is 10.6 Å². The number of hydrogen-bond donors (Lipinski definition) is 2. The number of piperidine rings is 1. The zero-order valence-corrected chi connectivity index (χ0v) is 21.2. The lowest BCUT2D eigenvalue weighted by molar-refractivity contribution is -0.136. The number of anilines is 1. The standard InChI is InChI=1S/C26H27ClN4O3S/c1-16(28-17(2)32)26(34)31-13-11-19(12-14-31)25-30-23(15-35-25)24(33)29-22-6-4-3-5-21(22)18-7-9-20(27)10-8-18/h3-10,15-16,19H,11-14H2,1-2H3,(H,28,32)(H,29,33)/t16-/m0/s1. The Morgan fingerprint density at radius 3 is 2.46 bits per heavy atom. The molecule has 1 aromatic heterocycles. The highest BCUT2D eigenvalue weighted by Crippen LogP contribution is 2.32. The molecule has 3 amide bonds. The van der Waals surface area contributed by atoms with Gasteiger partial charge in [0.1, 0.15) is 11.7 Å². The van der Waals surface area contributed by atoms with Crippen molar-refractivity contribution in [3.8, 4) is 11.1 Å². The van der Waals surface area contributed by atoms with Gasteiger partial charge in [0, 0.05) is 47.6 Å². The van der Waals surface area contributed by atoms with Crippen LogP contribution in [0, 0.1) is 0 Å². The number of nitrogens with zero attached hydrogens (tertiary/aromatic N) is 2. The summed E-state index contributed by atoms with van der Waals surface area (Å²) < 4.78 is 0. The van der Waals surface area contributed by atoms with E-state index in [1.807, 2.05) is 48.5 Å². The Morgan fingerprint density at radius 1 is 1.09 bits per heavy atom. The minimum Gasteiger partial charge on any atom is -0.345 e. The maximum Gasteiger partial charge on any atom is 0.275 e. The summed E-state index contributed by atoms with van der Waals surface area (Å²) in [4.78, 5) is 43.1. The molecule has 182 valence electrons. The van der Waals surface area contributed by atoms with Gasteiger partial charge in [0.25, 0.3) is 5.91 Å². The van der Waals surface area contributed by atoms with Crippen LogP contribution in [0.5, 0.6) is 0 Å². The van der Waals surface area contributed by atoms with Gasteiger partial charge in [0.15, 0.2) is 0 Å². The highest BCUT2D eigenvalue weighted by atomic mass is 35.5. The topological polar surface area (TPSA) is 91.4 Å². The quantitative estimate of drug-likeness (QED) is 0.491. The molecule has 0 unspecified atom stereocenters. The summed E-state index contributed by atoms with van der Waals surface area (Å²) in [5.74, 6) is -0.351. The van der Waals surface area contributed by atoms with E-state index >= 15 is 0 Å². The monoisotopic (exact) mass is 510 g/mol. The first-order chi connectivity index (χ1) is 16.8. The molecule has 0 bridgehead atoms. The third-order valence-electron chi connectivity index (χ3n) is 6.03. The molecule has 3 aromatic rings. The van der Waals surface area contributed by atoms with Crippen LogP contribution in [0.1, 0.15) is 48.1 Å². The molecule has 0 radical (unpaired) electrons. The largest absolute Gasteiger partial charge is 0.345 e. The van der Waals surface area contributed by atoms with Crippen molar-refractivity contribution in [2.24, 2.45) is 0 Å². The maximum absolute atomic E-state index is 13.0. The van der Waals surface area contributed by atoms with Gasteiger partial charge < -0.3 is 15.5 Å². The van der Waals surface area contributed by atoms with Crippen LogP contribution in [0.4, 0.5) is 5.69 Å². The summed E-state index contributed by atoms with van der Waals surface area (Å²) in [6.45, 7) is 4.31. The summed E-state index contributed by atoms with van der Waals surface area (Å²) in [5.41, 5.74) is 2.94. The van der Waals surface area contributed by atoms with Crippen LogP contribution in [-0.2, 0) is 9.59 Å². The highest BCUT2D eigenvalue weighted by Gasteiger charge is 2.28. The molecule has 4 rings (SSSR count). The molecule has 7 nitrogen and oxygen atoms in total. The first-order valence-electron chi connectivity index (χ1n) is 11.5. The Kier molecular flexibility index (Phi) is 7.83. The van der Waals surface area contributed by atoms with Crippen molar-refractivity contribution in [2.75, 3.05) is 18.4 Å². The summed E-state index contributed by atoms with van der Waals surface area (Å²) >= 11 is 7.49. The zero-order chi connectivity index (χ0) is 24.9. The SMILES string of the molecule is CC(=O)N[C@@H](C)C(=O)N1CCC(c2nc(C(=O)Nc3ccccc3-c3ccc(Cl)cc3)cs2)CC1. The number of nitrogens with one attached hydrogen (secondary N) is 2. The summed E-state index contributed by atoms with van der Waals surface area (Å²) in [6, 6.07) is 14.6. The number of thiazole rings is 1. The van der Waals surface area contributed by atoms with Crippen LogP contribution in [0.25, 0.3) is 11.1 Å². The van der Waals surface area contributed by atoms with Gasteiger partial charge in [0.2, 0.25) is 11.8 Å². The molecule has 2 aromatic carbocycles. The molecule has 0 spiro atoms. The Balaban J connectivity index is 1.39. The van der Waals surface area contributed by atoms with Crippen LogP contribution in [0.15, 0.2) is 53.9 Å². The average Bonchev–Trinajstić information content (AvgIpc) is 3.35. The van der Waals surface area contributed by atoms with Gasteiger partial charge in [-0.3, -0.25) is 14.4 Å². The number of amides is 3. The lowest BCUT2D eigenvalue weighted by Crippen LogP contribution is -2.48. The van der Waals surface area contributed by atoms with E-state index in [0.717, 1.165) is 29.0 Å². The minimum absolute atomic E-state index is 0.0720. The van der Waals surface area contributed by atoms with Crippen LogP contribution in [0.3, 0.4) is 0 Å². The van der Waals surface area contributed by atoms with Crippen molar-refractivity contribution in [1.29, 1.82) is 0 Å². The molecule has 2 heterocycles. The van der Waals surface area contributed by atoms with E-state index in [1.165, 1.54) is 18.3 Å². The summed E-state index contributed by atoms with van der Waals surface area (Å²) in [5, 5.41) is 8.98. The molecule has 1 saturated heterocycles. The second kappa shape index (κ2) is 11.0. The van der Waals surface area contributed by atoms with Crippen molar-refractivity contribution < 1.29 is 14.4 Å². The molecular formula is C26H27ClN4O3S. The van der Waals surface area contributed by atoms with Gasteiger partial charge in [-0.2, -0.15) is 0 Å². The van der Waals surface area contributed by atoms with Gasteiger partial charge in [-0.05, 0) is 43.5 Å². The van der Waals surface area contributed by atoms with Gasteiger partial charge in [0.05, 0.1) is 5.01 Å². The van der Waals surface area contributed by atoms with Gasteiger partial charge >= 0.3 is 0 Å². The number of para-hydroxylation sites is 1. The first-order valence-corrected chi connectivity index (χ1v) is 12.7.